The van der Waals surface area contributed by atoms with Crippen LogP contribution >= 0.6 is 0 Å². The number of benzene rings is 3. The van der Waals surface area contributed by atoms with Gasteiger partial charge in [-0.05, 0) is 0 Å². The Bertz CT molecular complexity index is 529. The number of halogens is 1. The summed E-state index contributed by atoms with van der Waals surface area (Å²) in [6, 6.07) is 32.8. The summed E-state index contributed by atoms with van der Waals surface area (Å²) in [5.74, 6) is 0. The van der Waals surface area contributed by atoms with Gasteiger partial charge < -0.3 is 24.0 Å². The summed E-state index contributed by atoms with van der Waals surface area (Å²) < 4.78 is 4.51. The molecular formula is C18H15ITe. The molecule has 0 aliphatic carbocycles. The van der Waals surface area contributed by atoms with Gasteiger partial charge in [-0.15, -0.1) is 0 Å². The van der Waals surface area contributed by atoms with Gasteiger partial charge in [0, 0.05) is 0 Å². The Morgan fingerprint density at radius 2 is 0.650 bits per heavy atom. The third kappa shape index (κ3) is 3.63. The summed E-state index contributed by atoms with van der Waals surface area (Å²) in [4.78, 5) is 0. The van der Waals surface area contributed by atoms with Gasteiger partial charge in [0.15, 0.2) is 0 Å². The molecule has 0 fully saturated rings. The van der Waals surface area contributed by atoms with Crippen LogP contribution in [0.3, 0.4) is 0 Å². The Labute approximate surface area is 144 Å². The molecule has 0 saturated heterocycles. The molecular weight excluding hydrogens is 471 g/mol. The molecule has 0 nitrogen and oxygen atoms in total. The summed E-state index contributed by atoms with van der Waals surface area (Å²) >= 11 is -1.67. The van der Waals surface area contributed by atoms with Crippen molar-refractivity contribution in [1.82, 2.24) is 0 Å². The van der Waals surface area contributed by atoms with Crippen molar-refractivity contribution in [2.45, 2.75) is 0 Å². The van der Waals surface area contributed by atoms with Gasteiger partial charge >= 0.3 is 121 Å². The summed E-state index contributed by atoms with van der Waals surface area (Å²) in [5, 5.41) is 0. The molecule has 0 saturated carbocycles. The summed E-state index contributed by atoms with van der Waals surface area (Å²) in [6.07, 6.45) is 0. The van der Waals surface area contributed by atoms with E-state index in [0.717, 1.165) is 0 Å². The van der Waals surface area contributed by atoms with Crippen LogP contribution in [0.4, 0.5) is 0 Å². The van der Waals surface area contributed by atoms with Gasteiger partial charge in [0.2, 0.25) is 0 Å². The van der Waals surface area contributed by atoms with Crippen molar-refractivity contribution < 1.29 is 24.0 Å². The van der Waals surface area contributed by atoms with Crippen LogP contribution in [-0.2, 0) is 0 Å². The molecule has 0 radical (unpaired) electrons. The van der Waals surface area contributed by atoms with Gasteiger partial charge in [-0.25, -0.2) is 0 Å². The van der Waals surface area contributed by atoms with E-state index in [-0.39, 0.29) is 24.0 Å². The Hall–Kier alpha value is -0.820. The molecule has 100 valence electrons. The molecule has 0 unspecified atom stereocenters. The molecule has 20 heavy (non-hydrogen) atoms. The van der Waals surface area contributed by atoms with Gasteiger partial charge in [-0.3, -0.25) is 0 Å². The molecule has 0 heterocycles. The quantitative estimate of drug-likeness (QED) is 0.337. The first-order valence-corrected chi connectivity index (χ1v) is 9.84. The predicted octanol–water partition coefficient (Wildman–Crippen LogP) is -0.793. The molecule has 0 aliphatic rings. The van der Waals surface area contributed by atoms with Crippen LogP contribution in [0.2, 0.25) is 0 Å². The van der Waals surface area contributed by atoms with Crippen molar-refractivity contribution >= 4 is 30.4 Å². The van der Waals surface area contributed by atoms with E-state index in [2.05, 4.69) is 91.0 Å². The minimum absolute atomic E-state index is 0. The SMILES string of the molecule is [I-].c1ccc([Te+](c2ccccc2)c2ccccc2)cc1. The number of hydrogen-bond acceptors (Lipinski definition) is 0. The van der Waals surface area contributed by atoms with Crippen molar-refractivity contribution in [3.8, 4) is 0 Å². The van der Waals surface area contributed by atoms with E-state index in [0.29, 0.717) is 0 Å². The van der Waals surface area contributed by atoms with Crippen molar-refractivity contribution in [2.24, 2.45) is 0 Å². The molecule has 0 aromatic heterocycles. The maximum absolute atomic E-state index is 2.27. The van der Waals surface area contributed by atoms with Gasteiger partial charge in [0.05, 0.1) is 0 Å². The van der Waals surface area contributed by atoms with E-state index < -0.39 is 19.6 Å². The standard InChI is InChI=1S/C18H15Te.HI/c1-4-10-16(11-5-1)19(17-12-6-2-7-13-17)18-14-8-3-9-15-18;/h1-15H;1H/q+1;/p-1. The van der Waals surface area contributed by atoms with Crippen molar-refractivity contribution in [1.29, 1.82) is 0 Å². The van der Waals surface area contributed by atoms with E-state index >= 15 is 0 Å². The van der Waals surface area contributed by atoms with Crippen LogP contribution in [0, 0.1) is 0 Å². The maximum atomic E-state index is 2.27. The fourth-order valence-corrected chi connectivity index (χ4v) is 8.08. The fourth-order valence-electron chi connectivity index (χ4n) is 2.08. The van der Waals surface area contributed by atoms with Crippen LogP contribution in [0.1, 0.15) is 0 Å². The number of rotatable bonds is 3. The molecule has 2 heteroatoms. The monoisotopic (exact) mass is 488 g/mol. The van der Waals surface area contributed by atoms with Crippen LogP contribution < -0.4 is 34.8 Å². The molecule has 0 spiro atoms. The molecule has 0 bridgehead atoms. The summed E-state index contributed by atoms with van der Waals surface area (Å²) in [6.45, 7) is 0. The minimum atomic E-state index is -1.67. The van der Waals surface area contributed by atoms with E-state index in [9.17, 15) is 0 Å². The second kappa shape index (κ2) is 7.83. The third-order valence-electron chi connectivity index (χ3n) is 2.94. The van der Waals surface area contributed by atoms with Crippen LogP contribution in [0.5, 0.6) is 0 Å². The van der Waals surface area contributed by atoms with Crippen LogP contribution in [-0.4, -0.2) is 19.6 Å². The first-order valence-electron chi connectivity index (χ1n) is 6.34. The topological polar surface area (TPSA) is 0 Å². The zero-order chi connectivity index (χ0) is 12.9. The third-order valence-corrected chi connectivity index (χ3v) is 9.30. The second-order valence-corrected chi connectivity index (χ2v) is 10.0. The molecule has 3 aromatic carbocycles. The van der Waals surface area contributed by atoms with Gasteiger partial charge in [0.25, 0.3) is 0 Å². The Morgan fingerprint density at radius 3 is 0.900 bits per heavy atom. The summed E-state index contributed by atoms with van der Waals surface area (Å²) in [5.41, 5.74) is 0. The van der Waals surface area contributed by atoms with Crippen molar-refractivity contribution in [2.75, 3.05) is 0 Å². The fraction of sp³-hybridized carbons (Fsp3) is 0. The Balaban J connectivity index is 0.00000147. The molecule has 0 amide bonds. The number of hydrogen-bond donors (Lipinski definition) is 0. The Morgan fingerprint density at radius 1 is 0.400 bits per heavy atom. The van der Waals surface area contributed by atoms with Gasteiger partial charge in [0.1, 0.15) is 0 Å². The average Bonchev–Trinajstić information content (AvgIpc) is 2.51. The second-order valence-electron chi connectivity index (χ2n) is 4.25. The zero-order valence-electron chi connectivity index (χ0n) is 10.9. The van der Waals surface area contributed by atoms with Crippen molar-refractivity contribution in [3.63, 3.8) is 0 Å². The molecule has 3 aromatic rings. The average molecular weight is 486 g/mol. The Kier molecular flexibility index (Phi) is 6.09. The van der Waals surface area contributed by atoms with Crippen LogP contribution in [0.15, 0.2) is 91.0 Å². The van der Waals surface area contributed by atoms with E-state index in [4.69, 9.17) is 0 Å². The van der Waals surface area contributed by atoms with Gasteiger partial charge in [-0.2, -0.15) is 0 Å². The molecule has 0 atom stereocenters. The van der Waals surface area contributed by atoms with Gasteiger partial charge in [-0.1, -0.05) is 0 Å². The summed E-state index contributed by atoms with van der Waals surface area (Å²) in [7, 11) is 0. The molecule has 0 aliphatic heterocycles. The zero-order valence-corrected chi connectivity index (χ0v) is 15.4. The van der Waals surface area contributed by atoms with E-state index in [1.807, 2.05) is 0 Å². The van der Waals surface area contributed by atoms with Crippen molar-refractivity contribution in [3.05, 3.63) is 91.0 Å². The predicted molar refractivity (Wildman–Crippen MR) is 84.0 cm³/mol. The first kappa shape index (κ1) is 15.6. The molecule has 0 N–H and O–H groups in total. The van der Waals surface area contributed by atoms with E-state index in [1.54, 1.807) is 0 Å². The first-order chi connectivity index (χ1) is 9.45. The normalized spacial score (nSPS) is 10.1. The van der Waals surface area contributed by atoms with E-state index in [1.165, 1.54) is 10.8 Å². The van der Waals surface area contributed by atoms with Crippen LogP contribution in [0.25, 0.3) is 0 Å². The molecule has 3 rings (SSSR count).